The summed E-state index contributed by atoms with van der Waals surface area (Å²) < 4.78 is 1.76. The first-order valence-electron chi connectivity index (χ1n) is 5.92. The number of aryl methyl sites for hydroxylation is 1. The van der Waals surface area contributed by atoms with E-state index in [0.717, 1.165) is 18.0 Å². The quantitative estimate of drug-likeness (QED) is 0.829. The number of rotatable bonds is 2. The van der Waals surface area contributed by atoms with E-state index in [1.165, 1.54) is 25.5 Å². The third-order valence-electron chi connectivity index (χ3n) is 4.30. The van der Waals surface area contributed by atoms with Gasteiger partial charge in [0.25, 0.3) is 0 Å². The molecule has 0 radical (unpaired) electrons. The topological polar surface area (TPSA) is 55.1 Å². The number of hydrogen-bond acceptors (Lipinski definition) is 2. The molecule has 2 saturated carbocycles. The largest absolute Gasteiger partial charge is 0.478 e. The molecule has 2 bridgehead atoms. The normalized spacial score (nSPS) is 32.2. The van der Waals surface area contributed by atoms with Crippen LogP contribution in [0.25, 0.3) is 0 Å². The average molecular weight is 220 g/mol. The zero-order valence-corrected chi connectivity index (χ0v) is 9.39. The number of nitrogens with zero attached hydrogens (tertiary/aromatic N) is 2. The molecule has 0 spiro atoms. The highest BCUT2D eigenvalue weighted by Gasteiger charge is 2.42. The second-order valence-corrected chi connectivity index (χ2v) is 5.15. The van der Waals surface area contributed by atoms with Crippen molar-refractivity contribution in [1.82, 2.24) is 9.78 Å². The summed E-state index contributed by atoms with van der Waals surface area (Å²) in [5.74, 6) is 1.10. The van der Waals surface area contributed by atoms with Crippen molar-refractivity contribution in [2.45, 2.75) is 31.6 Å². The number of carbonyl (C=O) groups is 1. The fourth-order valence-corrected chi connectivity index (χ4v) is 3.63. The van der Waals surface area contributed by atoms with E-state index in [1.54, 1.807) is 4.68 Å². The molecule has 0 saturated heterocycles. The molecule has 86 valence electrons. The molecule has 0 aromatic carbocycles. The van der Waals surface area contributed by atoms with E-state index in [-0.39, 0.29) is 0 Å². The smallest absolute Gasteiger partial charge is 0.339 e. The van der Waals surface area contributed by atoms with E-state index >= 15 is 0 Å². The van der Waals surface area contributed by atoms with Crippen LogP contribution in [0.2, 0.25) is 0 Å². The summed E-state index contributed by atoms with van der Waals surface area (Å²) >= 11 is 0. The second kappa shape index (κ2) is 3.34. The number of aromatic nitrogens is 2. The van der Waals surface area contributed by atoms with Gasteiger partial charge < -0.3 is 5.11 Å². The maximum Gasteiger partial charge on any atom is 0.339 e. The van der Waals surface area contributed by atoms with Gasteiger partial charge in [-0.2, -0.15) is 5.10 Å². The molecule has 1 heterocycles. The van der Waals surface area contributed by atoms with E-state index in [0.29, 0.717) is 17.4 Å². The molecule has 16 heavy (non-hydrogen) atoms. The molecule has 4 heteroatoms. The maximum absolute atomic E-state index is 11.1. The minimum absolute atomic E-state index is 0.403. The van der Waals surface area contributed by atoms with Crippen LogP contribution in [-0.2, 0) is 7.05 Å². The highest BCUT2D eigenvalue weighted by atomic mass is 16.4. The van der Waals surface area contributed by atoms with Crippen LogP contribution < -0.4 is 0 Å². The molecule has 2 fully saturated rings. The zero-order valence-electron chi connectivity index (χ0n) is 9.39. The van der Waals surface area contributed by atoms with Crippen LogP contribution in [0.15, 0.2) is 6.20 Å². The summed E-state index contributed by atoms with van der Waals surface area (Å²) in [7, 11) is 1.85. The summed E-state index contributed by atoms with van der Waals surface area (Å²) in [5, 5.41) is 13.3. The average Bonchev–Trinajstić information content (AvgIpc) is 2.90. The molecular formula is C12H16N2O2. The number of fused-ring (bicyclic) bond motifs is 2. The Labute approximate surface area is 94.3 Å². The Morgan fingerprint density at radius 2 is 2.31 bits per heavy atom. The highest BCUT2D eigenvalue weighted by molar-refractivity contribution is 5.88. The Hall–Kier alpha value is -1.32. The minimum Gasteiger partial charge on any atom is -0.478 e. The van der Waals surface area contributed by atoms with Crippen molar-refractivity contribution in [3.05, 3.63) is 17.5 Å². The summed E-state index contributed by atoms with van der Waals surface area (Å²) in [6, 6.07) is 0. The van der Waals surface area contributed by atoms with E-state index < -0.39 is 5.97 Å². The van der Waals surface area contributed by atoms with Crippen molar-refractivity contribution in [2.75, 3.05) is 0 Å². The SMILES string of the molecule is Cn1ncc(C(=O)O)c1C1CC2CCC1C2. The first kappa shape index (κ1) is 9.87. The third kappa shape index (κ3) is 1.29. The Kier molecular flexibility index (Phi) is 2.06. The Morgan fingerprint density at radius 1 is 1.50 bits per heavy atom. The first-order chi connectivity index (χ1) is 7.66. The van der Waals surface area contributed by atoms with Gasteiger partial charge >= 0.3 is 5.97 Å². The zero-order chi connectivity index (χ0) is 11.3. The Balaban J connectivity index is 2.00. The van der Waals surface area contributed by atoms with Crippen molar-refractivity contribution in [1.29, 1.82) is 0 Å². The van der Waals surface area contributed by atoms with Crippen molar-refractivity contribution < 1.29 is 9.90 Å². The van der Waals surface area contributed by atoms with Crippen molar-refractivity contribution in [2.24, 2.45) is 18.9 Å². The lowest BCUT2D eigenvalue weighted by Gasteiger charge is -2.22. The van der Waals surface area contributed by atoms with Crippen molar-refractivity contribution in [3.63, 3.8) is 0 Å². The van der Waals surface area contributed by atoms with Gasteiger partial charge in [-0.25, -0.2) is 4.79 Å². The van der Waals surface area contributed by atoms with Crippen LogP contribution >= 0.6 is 0 Å². The molecular weight excluding hydrogens is 204 g/mol. The van der Waals surface area contributed by atoms with Gasteiger partial charge in [-0.15, -0.1) is 0 Å². The van der Waals surface area contributed by atoms with E-state index in [9.17, 15) is 4.79 Å². The second-order valence-electron chi connectivity index (χ2n) is 5.15. The number of hydrogen-bond donors (Lipinski definition) is 1. The molecule has 1 aromatic rings. The molecule has 3 rings (SSSR count). The van der Waals surface area contributed by atoms with E-state index in [4.69, 9.17) is 5.11 Å². The molecule has 3 unspecified atom stereocenters. The molecule has 2 aliphatic carbocycles. The number of carboxylic acids is 1. The molecule has 0 amide bonds. The van der Waals surface area contributed by atoms with Crippen LogP contribution in [0.3, 0.4) is 0 Å². The van der Waals surface area contributed by atoms with Gasteiger partial charge in [0.05, 0.1) is 11.9 Å². The van der Waals surface area contributed by atoms with Gasteiger partial charge in [0, 0.05) is 13.0 Å². The Bertz CT molecular complexity index is 438. The van der Waals surface area contributed by atoms with Crippen LogP contribution in [0.4, 0.5) is 0 Å². The lowest BCUT2D eigenvalue weighted by molar-refractivity contribution is 0.0694. The number of carboxylic acid groups (broad SMARTS) is 1. The van der Waals surface area contributed by atoms with Crippen LogP contribution in [-0.4, -0.2) is 20.9 Å². The molecule has 1 N–H and O–H groups in total. The third-order valence-corrected chi connectivity index (χ3v) is 4.30. The van der Waals surface area contributed by atoms with Gasteiger partial charge in [-0.05, 0) is 31.1 Å². The fourth-order valence-electron chi connectivity index (χ4n) is 3.63. The molecule has 2 aliphatic rings. The lowest BCUT2D eigenvalue weighted by atomic mass is 9.85. The van der Waals surface area contributed by atoms with Crippen LogP contribution in [0, 0.1) is 11.8 Å². The fraction of sp³-hybridized carbons (Fsp3) is 0.667. The summed E-state index contributed by atoms with van der Waals surface area (Å²) in [6.07, 6.45) is 6.53. The van der Waals surface area contributed by atoms with Gasteiger partial charge in [-0.3, -0.25) is 4.68 Å². The standard InChI is InChI=1S/C12H16N2O2/c1-14-11(10(6-13-14)12(15)16)9-5-7-2-3-8(9)4-7/h6-9H,2-5H2,1H3,(H,15,16). The molecule has 3 atom stereocenters. The molecule has 1 aromatic heterocycles. The predicted molar refractivity (Wildman–Crippen MR) is 58.4 cm³/mol. The predicted octanol–water partition coefficient (Wildman–Crippen LogP) is 2.02. The lowest BCUT2D eigenvalue weighted by Crippen LogP contribution is -2.16. The first-order valence-corrected chi connectivity index (χ1v) is 5.92. The van der Waals surface area contributed by atoms with Crippen molar-refractivity contribution in [3.8, 4) is 0 Å². The van der Waals surface area contributed by atoms with Gasteiger partial charge in [-0.1, -0.05) is 6.42 Å². The van der Waals surface area contributed by atoms with Gasteiger partial charge in [0.1, 0.15) is 5.56 Å². The van der Waals surface area contributed by atoms with Gasteiger partial charge in [0.15, 0.2) is 0 Å². The minimum atomic E-state index is -0.842. The van der Waals surface area contributed by atoms with E-state index in [1.807, 2.05) is 7.05 Å². The van der Waals surface area contributed by atoms with Crippen LogP contribution in [0.5, 0.6) is 0 Å². The van der Waals surface area contributed by atoms with E-state index in [2.05, 4.69) is 5.10 Å². The maximum atomic E-state index is 11.1. The summed E-state index contributed by atoms with van der Waals surface area (Å²) in [6.45, 7) is 0. The highest BCUT2D eigenvalue weighted by Crippen LogP contribution is 2.53. The van der Waals surface area contributed by atoms with Crippen molar-refractivity contribution >= 4 is 5.97 Å². The Morgan fingerprint density at radius 3 is 2.88 bits per heavy atom. The monoisotopic (exact) mass is 220 g/mol. The van der Waals surface area contributed by atoms with Gasteiger partial charge in [0.2, 0.25) is 0 Å². The summed E-state index contributed by atoms with van der Waals surface area (Å²) in [5.41, 5.74) is 1.35. The summed E-state index contributed by atoms with van der Waals surface area (Å²) in [4.78, 5) is 11.1. The molecule has 4 nitrogen and oxygen atoms in total. The number of aromatic carboxylic acids is 1. The molecule has 0 aliphatic heterocycles. The van der Waals surface area contributed by atoms with Crippen LogP contribution in [0.1, 0.15) is 47.7 Å².